The van der Waals surface area contributed by atoms with Gasteiger partial charge in [-0.2, -0.15) is 0 Å². The Bertz CT molecular complexity index is 2630. The van der Waals surface area contributed by atoms with Gasteiger partial charge in [0.25, 0.3) is 11.6 Å². The maximum atomic E-state index is 10.7. The molecule has 0 bridgehead atoms. The van der Waals surface area contributed by atoms with Crippen LogP contribution in [0.4, 0.5) is 11.6 Å². The first-order valence-electron chi connectivity index (χ1n) is 17.3. The molecule has 4 heterocycles. The molecule has 0 atom stereocenters. The van der Waals surface area contributed by atoms with Crippen LogP contribution in [-0.2, 0) is 0 Å². The first-order valence-corrected chi connectivity index (χ1v) is 17.3. The first-order chi connectivity index (χ1) is 27.2. The SMILES string of the molecule is Cc1cccc(-n2cnc(C=O)c2)c1.Cc1cccc(-n2cncc2C=O)c1.[C-]#[N+]c1cn(-c2cccc(C)c2)cn1.[C-]#[N+]c1cncn1-c1cccc(C)c1. The highest BCUT2D eigenvalue weighted by molar-refractivity contribution is 5.73. The van der Waals surface area contributed by atoms with Crippen LogP contribution in [0.5, 0.6) is 0 Å². The first kappa shape index (κ1) is 39.3. The van der Waals surface area contributed by atoms with Crippen LogP contribution in [-0.4, -0.2) is 50.8 Å². The molecule has 0 N–H and O–H groups in total. The predicted molar refractivity (Wildman–Crippen MR) is 217 cm³/mol. The summed E-state index contributed by atoms with van der Waals surface area (Å²) in [5.41, 5.74) is 9.72. The van der Waals surface area contributed by atoms with Crippen molar-refractivity contribution in [3.8, 4) is 22.7 Å². The molecular weight excluding hydrogens is 701 g/mol. The van der Waals surface area contributed by atoms with Crippen molar-refractivity contribution in [1.29, 1.82) is 0 Å². The largest absolute Gasteiger partial charge is 0.362 e. The van der Waals surface area contributed by atoms with E-state index >= 15 is 0 Å². The van der Waals surface area contributed by atoms with Crippen molar-refractivity contribution >= 4 is 24.2 Å². The van der Waals surface area contributed by atoms with Gasteiger partial charge in [-0.15, -0.1) is 4.98 Å². The number of aldehydes is 2. The summed E-state index contributed by atoms with van der Waals surface area (Å²) in [6, 6.07) is 32.0. The molecule has 0 aliphatic carbocycles. The highest BCUT2D eigenvalue weighted by Crippen LogP contribution is 2.19. The molecule has 8 aromatic rings. The molecular formula is C44H38N10O2. The molecule has 0 saturated carbocycles. The lowest BCUT2D eigenvalue weighted by molar-refractivity contribution is 0.111. The second kappa shape index (κ2) is 19.2. The number of aryl methyl sites for hydroxylation is 4. The van der Waals surface area contributed by atoms with Crippen molar-refractivity contribution in [3.05, 3.63) is 204 Å². The van der Waals surface area contributed by atoms with Gasteiger partial charge in [0.1, 0.15) is 23.4 Å². The molecule has 0 spiro atoms. The van der Waals surface area contributed by atoms with E-state index in [2.05, 4.69) is 35.7 Å². The Morgan fingerprint density at radius 1 is 0.536 bits per heavy atom. The monoisotopic (exact) mass is 738 g/mol. The third kappa shape index (κ3) is 10.6. The molecule has 0 aliphatic heterocycles. The van der Waals surface area contributed by atoms with Crippen molar-refractivity contribution < 1.29 is 9.59 Å². The number of aromatic nitrogens is 8. The Morgan fingerprint density at radius 3 is 1.50 bits per heavy atom. The van der Waals surface area contributed by atoms with Gasteiger partial charge in [-0.3, -0.25) is 18.7 Å². The molecule has 0 aliphatic rings. The van der Waals surface area contributed by atoms with Crippen LogP contribution in [0.1, 0.15) is 43.2 Å². The Hall–Kier alpha value is -7.96. The highest BCUT2D eigenvalue weighted by Gasteiger charge is 2.06. The second-order valence-corrected chi connectivity index (χ2v) is 12.5. The van der Waals surface area contributed by atoms with Crippen LogP contribution in [0.2, 0.25) is 0 Å². The molecule has 0 radical (unpaired) electrons. The molecule has 12 heteroatoms. The maximum absolute atomic E-state index is 10.7. The van der Waals surface area contributed by atoms with Crippen LogP contribution in [0, 0.1) is 40.8 Å². The summed E-state index contributed by atoms with van der Waals surface area (Å²) < 4.78 is 7.22. The fourth-order valence-electron chi connectivity index (χ4n) is 5.36. The normalized spacial score (nSPS) is 9.89. The molecule has 276 valence electrons. The molecule has 12 nitrogen and oxygen atoms in total. The number of rotatable bonds is 6. The van der Waals surface area contributed by atoms with Gasteiger partial charge < -0.3 is 14.3 Å². The molecule has 4 aromatic heterocycles. The minimum Gasteiger partial charge on any atom is -0.362 e. The summed E-state index contributed by atoms with van der Waals surface area (Å²) >= 11 is 0. The van der Waals surface area contributed by atoms with E-state index in [1.54, 1.807) is 59.2 Å². The molecule has 0 fully saturated rings. The summed E-state index contributed by atoms with van der Waals surface area (Å²) in [6.07, 6.45) is 14.7. The number of imidazole rings is 4. The van der Waals surface area contributed by atoms with Crippen molar-refractivity contribution in [1.82, 2.24) is 38.2 Å². The number of hydrogen-bond donors (Lipinski definition) is 0. The summed E-state index contributed by atoms with van der Waals surface area (Å²) in [7, 11) is 0. The van der Waals surface area contributed by atoms with E-state index in [1.807, 2.05) is 128 Å². The van der Waals surface area contributed by atoms with Crippen LogP contribution in [0.15, 0.2) is 147 Å². The fraction of sp³-hybridized carbons (Fsp3) is 0.0909. The van der Waals surface area contributed by atoms with Gasteiger partial charge in [0.2, 0.25) is 0 Å². The third-order valence-corrected chi connectivity index (χ3v) is 8.09. The lowest BCUT2D eigenvalue weighted by atomic mass is 10.2. The van der Waals surface area contributed by atoms with Crippen molar-refractivity contribution in [2.24, 2.45) is 0 Å². The molecule has 0 unspecified atom stereocenters. The van der Waals surface area contributed by atoms with E-state index in [9.17, 15) is 9.59 Å². The lowest BCUT2D eigenvalue weighted by Crippen LogP contribution is -1.97. The van der Waals surface area contributed by atoms with Crippen molar-refractivity contribution in [2.45, 2.75) is 27.7 Å². The molecule has 0 amide bonds. The van der Waals surface area contributed by atoms with Crippen LogP contribution in [0.3, 0.4) is 0 Å². The van der Waals surface area contributed by atoms with E-state index in [0.717, 1.165) is 40.9 Å². The van der Waals surface area contributed by atoms with E-state index in [-0.39, 0.29) is 0 Å². The van der Waals surface area contributed by atoms with E-state index < -0.39 is 0 Å². The lowest BCUT2D eigenvalue weighted by Gasteiger charge is -2.04. The average molecular weight is 739 g/mol. The number of benzene rings is 4. The van der Waals surface area contributed by atoms with Gasteiger partial charge in [-0.05, 0) is 98.5 Å². The smallest absolute Gasteiger partial charge is 0.287 e. The van der Waals surface area contributed by atoms with Crippen LogP contribution in [0.25, 0.3) is 32.4 Å². The van der Waals surface area contributed by atoms with Crippen LogP contribution < -0.4 is 0 Å². The van der Waals surface area contributed by atoms with E-state index in [0.29, 0.717) is 23.0 Å². The minimum atomic E-state index is 0.423. The Labute approximate surface area is 325 Å². The van der Waals surface area contributed by atoms with Gasteiger partial charge in [-0.25, -0.2) is 19.5 Å². The van der Waals surface area contributed by atoms with Gasteiger partial charge in [0.15, 0.2) is 25.2 Å². The Morgan fingerprint density at radius 2 is 1.02 bits per heavy atom. The quantitative estimate of drug-likeness (QED) is 0.124. The summed E-state index contributed by atoms with van der Waals surface area (Å²) in [4.78, 5) is 43.5. The molecule has 4 aromatic carbocycles. The zero-order valence-corrected chi connectivity index (χ0v) is 31.3. The number of carbonyl (C=O) groups is 2. The second-order valence-electron chi connectivity index (χ2n) is 12.5. The zero-order valence-electron chi connectivity index (χ0n) is 31.3. The summed E-state index contributed by atoms with van der Waals surface area (Å²) in [5, 5.41) is 0. The Kier molecular flexibility index (Phi) is 13.5. The minimum absolute atomic E-state index is 0.423. The molecule has 0 saturated heterocycles. The average Bonchev–Trinajstić information content (AvgIpc) is 4.06. The topological polar surface area (TPSA) is 114 Å². The van der Waals surface area contributed by atoms with E-state index in [4.69, 9.17) is 13.1 Å². The molecule has 8 rings (SSSR count). The Balaban J connectivity index is 0.000000143. The van der Waals surface area contributed by atoms with Gasteiger partial charge >= 0.3 is 0 Å². The number of nitrogens with zero attached hydrogens (tertiary/aromatic N) is 10. The molecule has 56 heavy (non-hydrogen) atoms. The van der Waals surface area contributed by atoms with Gasteiger partial charge in [0.05, 0.1) is 18.7 Å². The fourth-order valence-corrected chi connectivity index (χ4v) is 5.36. The third-order valence-electron chi connectivity index (χ3n) is 8.09. The number of carbonyl (C=O) groups excluding carboxylic acids is 2. The van der Waals surface area contributed by atoms with Crippen molar-refractivity contribution in [3.63, 3.8) is 0 Å². The zero-order chi connectivity index (χ0) is 39.9. The van der Waals surface area contributed by atoms with Crippen LogP contribution >= 0.6 is 0 Å². The summed E-state index contributed by atoms with van der Waals surface area (Å²) in [6.45, 7) is 21.9. The van der Waals surface area contributed by atoms with Gasteiger partial charge in [0, 0.05) is 29.5 Å². The standard InChI is InChI=1S/2C11H9N3.2C11H10N2O/c1-9-4-3-5-10(6-9)14-7-11(12-2)13-8-14;1-9-4-3-5-10(6-9)14-8-13-7-11(14)12-2;1-9-3-2-4-11(5-9)13-6-10(7-14)12-8-13;1-9-3-2-4-10(5-9)13-8-12-6-11(13)7-14/h2*3-8H,1H3;2*2-8H,1H3. The number of hydrogen-bond acceptors (Lipinski definition) is 6. The highest BCUT2D eigenvalue weighted by atomic mass is 16.1. The predicted octanol–water partition coefficient (Wildman–Crippen LogP) is 9.45. The van der Waals surface area contributed by atoms with Crippen molar-refractivity contribution in [2.75, 3.05) is 0 Å². The van der Waals surface area contributed by atoms with E-state index in [1.165, 1.54) is 16.7 Å². The van der Waals surface area contributed by atoms with Gasteiger partial charge in [-0.1, -0.05) is 61.7 Å². The summed E-state index contributed by atoms with van der Waals surface area (Å²) in [5.74, 6) is 0.960. The maximum Gasteiger partial charge on any atom is 0.287 e.